The highest BCUT2D eigenvalue weighted by Crippen LogP contribution is 2.39. The van der Waals surface area contributed by atoms with E-state index in [0.29, 0.717) is 5.25 Å². The lowest BCUT2D eigenvalue weighted by molar-refractivity contribution is 0.345. The second kappa shape index (κ2) is 5.75. The third-order valence-corrected chi connectivity index (χ3v) is 4.84. The molecule has 1 heterocycles. The van der Waals surface area contributed by atoms with E-state index in [0.717, 1.165) is 29.5 Å². The highest BCUT2D eigenvalue weighted by molar-refractivity contribution is 7.99. The molecule has 0 radical (unpaired) electrons. The largest absolute Gasteiger partial charge is 0.247 e. The van der Waals surface area contributed by atoms with Gasteiger partial charge in [-0.1, -0.05) is 6.92 Å². The van der Waals surface area contributed by atoms with Crippen molar-refractivity contribution in [3.63, 3.8) is 0 Å². The monoisotopic (exact) mass is 260 g/mol. The van der Waals surface area contributed by atoms with Crippen LogP contribution >= 0.6 is 11.8 Å². The fourth-order valence-corrected chi connectivity index (χ4v) is 4.17. The van der Waals surface area contributed by atoms with Crippen LogP contribution < -0.4 is 0 Å². The van der Waals surface area contributed by atoms with E-state index in [4.69, 9.17) is 0 Å². The zero-order chi connectivity index (χ0) is 13.1. The van der Waals surface area contributed by atoms with Crippen LogP contribution in [0.25, 0.3) is 0 Å². The van der Waals surface area contributed by atoms with Crippen molar-refractivity contribution in [2.24, 2.45) is 11.8 Å². The van der Waals surface area contributed by atoms with Gasteiger partial charge in [0.2, 0.25) is 0 Å². The average Bonchev–Trinajstić information content (AvgIpc) is 2.27. The van der Waals surface area contributed by atoms with Crippen LogP contribution in [0.5, 0.6) is 0 Å². The summed E-state index contributed by atoms with van der Waals surface area (Å²) in [6.45, 7) is 6.42. The lowest BCUT2D eigenvalue weighted by Crippen LogP contribution is -2.25. The molecule has 3 heteroatoms. The van der Waals surface area contributed by atoms with Crippen molar-refractivity contribution in [1.82, 2.24) is 4.98 Å². The molecule has 1 aliphatic rings. The minimum Gasteiger partial charge on any atom is -0.247 e. The fourth-order valence-electron chi connectivity index (χ4n) is 2.63. The van der Waals surface area contributed by atoms with Gasteiger partial charge in [-0.2, -0.15) is 5.26 Å². The smallest absolute Gasteiger partial charge is 0.0968 e. The molecule has 0 amide bonds. The molecule has 0 saturated heterocycles. The van der Waals surface area contributed by atoms with E-state index < -0.39 is 0 Å². The Morgan fingerprint density at radius 3 is 2.78 bits per heavy atom. The zero-order valence-corrected chi connectivity index (χ0v) is 12.1. The maximum Gasteiger partial charge on any atom is 0.0968 e. The third kappa shape index (κ3) is 3.26. The molecule has 3 unspecified atom stereocenters. The molecular formula is C15H20N2S. The summed E-state index contributed by atoms with van der Waals surface area (Å²) in [5.74, 6) is 0.923. The van der Waals surface area contributed by atoms with Gasteiger partial charge in [0.05, 0.1) is 17.0 Å². The summed E-state index contributed by atoms with van der Waals surface area (Å²) < 4.78 is 0. The minimum absolute atomic E-state index is 0.189. The van der Waals surface area contributed by atoms with Crippen LogP contribution in [0.1, 0.15) is 37.4 Å². The SMILES string of the molecule is Cc1cc(C)nc(SC2CC(C)CCC2C#N)c1. The third-order valence-electron chi connectivity index (χ3n) is 3.57. The maximum atomic E-state index is 9.25. The summed E-state index contributed by atoms with van der Waals surface area (Å²) in [6, 6.07) is 6.70. The highest BCUT2D eigenvalue weighted by Gasteiger charge is 2.29. The van der Waals surface area contributed by atoms with Gasteiger partial charge in [0.15, 0.2) is 0 Å². The molecule has 0 bridgehead atoms. The van der Waals surface area contributed by atoms with Gasteiger partial charge < -0.3 is 0 Å². The van der Waals surface area contributed by atoms with Crippen LogP contribution in [0.4, 0.5) is 0 Å². The van der Waals surface area contributed by atoms with Crippen molar-refractivity contribution < 1.29 is 0 Å². The number of nitrogens with zero attached hydrogens (tertiary/aromatic N) is 2. The molecule has 0 aliphatic heterocycles. The van der Waals surface area contributed by atoms with Gasteiger partial charge in [0.1, 0.15) is 0 Å². The maximum absolute atomic E-state index is 9.25. The van der Waals surface area contributed by atoms with Crippen molar-refractivity contribution >= 4 is 11.8 Å². The molecule has 2 rings (SSSR count). The number of hydrogen-bond donors (Lipinski definition) is 0. The van der Waals surface area contributed by atoms with Crippen LogP contribution in [0.2, 0.25) is 0 Å². The number of nitriles is 1. The van der Waals surface area contributed by atoms with Gasteiger partial charge in [0, 0.05) is 10.9 Å². The van der Waals surface area contributed by atoms with E-state index in [1.807, 2.05) is 6.92 Å². The lowest BCUT2D eigenvalue weighted by atomic mass is 9.83. The minimum atomic E-state index is 0.189. The van der Waals surface area contributed by atoms with Crippen molar-refractivity contribution in [3.8, 4) is 6.07 Å². The molecular weight excluding hydrogens is 240 g/mol. The second-order valence-electron chi connectivity index (χ2n) is 5.43. The Morgan fingerprint density at radius 1 is 1.33 bits per heavy atom. The topological polar surface area (TPSA) is 36.7 Å². The van der Waals surface area contributed by atoms with Gasteiger partial charge in [-0.05, 0) is 56.7 Å². The number of rotatable bonds is 2. The molecule has 3 atom stereocenters. The van der Waals surface area contributed by atoms with Gasteiger partial charge in [0.25, 0.3) is 0 Å². The van der Waals surface area contributed by atoms with Gasteiger partial charge >= 0.3 is 0 Å². The van der Waals surface area contributed by atoms with Gasteiger partial charge in [-0.15, -0.1) is 11.8 Å². The van der Waals surface area contributed by atoms with E-state index >= 15 is 0 Å². The Labute approximate surface area is 114 Å². The molecule has 2 nitrogen and oxygen atoms in total. The summed E-state index contributed by atoms with van der Waals surface area (Å²) in [4.78, 5) is 4.58. The Kier molecular flexibility index (Phi) is 4.29. The van der Waals surface area contributed by atoms with Crippen LogP contribution in [0, 0.1) is 37.0 Å². The predicted molar refractivity (Wildman–Crippen MR) is 75.5 cm³/mol. The molecule has 96 valence electrons. The first-order valence-electron chi connectivity index (χ1n) is 6.60. The second-order valence-corrected chi connectivity index (χ2v) is 6.69. The van der Waals surface area contributed by atoms with Crippen molar-refractivity contribution in [2.45, 2.75) is 50.3 Å². The predicted octanol–water partition coefficient (Wildman–Crippen LogP) is 4.12. The van der Waals surface area contributed by atoms with Crippen molar-refractivity contribution in [3.05, 3.63) is 23.4 Å². The van der Waals surface area contributed by atoms with E-state index in [9.17, 15) is 5.26 Å². The number of pyridine rings is 1. The Hall–Kier alpha value is -1.01. The molecule has 0 N–H and O–H groups in total. The van der Waals surface area contributed by atoms with Crippen LogP contribution in [-0.2, 0) is 0 Å². The summed E-state index contributed by atoms with van der Waals surface area (Å²) in [5, 5.41) is 10.7. The first-order valence-corrected chi connectivity index (χ1v) is 7.48. The summed E-state index contributed by atoms with van der Waals surface area (Å²) in [6.07, 6.45) is 3.37. The van der Waals surface area contributed by atoms with Gasteiger partial charge in [-0.25, -0.2) is 4.98 Å². The first kappa shape index (κ1) is 13.4. The molecule has 0 spiro atoms. The molecule has 1 saturated carbocycles. The highest BCUT2D eigenvalue weighted by atomic mass is 32.2. The van der Waals surface area contributed by atoms with Crippen molar-refractivity contribution in [1.29, 1.82) is 5.26 Å². The normalized spacial score (nSPS) is 27.8. The summed E-state index contributed by atoms with van der Waals surface area (Å²) >= 11 is 1.80. The Bertz CT molecular complexity index is 444. The number of aromatic nitrogens is 1. The van der Waals surface area contributed by atoms with E-state index in [1.165, 1.54) is 12.0 Å². The van der Waals surface area contributed by atoms with E-state index in [1.54, 1.807) is 11.8 Å². The summed E-state index contributed by atoms with van der Waals surface area (Å²) in [5.41, 5.74) is 2.32. The quantitative estimate of drug-likeness (QED) is 0.802. The fraction of sp³-hybridized carbons (Fsp3) is 0.600. The van der Waals surface area contributed by atoms with Crippen LogP contribution in [-0.4, -0.2) is 10.2 Å². The number of hydrogen-bond acceptors (Lipinski definition) is 3. The number of thioether (sulfide) groups is 1. The van der Waals surface area contributed by atoms with Crippen molar-refractivity contribution in [2.75, 3.05) is 0 Å². The molecule has 1 fully saturated rings. The van der Waals surface area contributed by atoms with E-state index in [2.05, 4.69) is 37.0 Å². The van der Waals surface area contributed by atoms with Crippen LogP contribution in [0.15, 0.2) is 17.2 Å². The lowest BCUT2D eigenvalue weighted by Gasteiger charge is -2.30. The zero-order valence-electron chi connectivity index (χ0n) is 11.3. The Morgan fingerprint density at radius 2 is 2.11 bits per heavy atom. The first-order chi connectivity index (χ1) is 8.58. The molecule has 0 aromatic carbocycles. The van der Waals surface area contributed by atoms with Crippen LogP contribution in [0.3, 0.4) is 0 Å². The molecule has 1 aromatic rings. The standard InChI is InChI=1S/C15H20N2S/c1-10-4-5-13(9-16)14(7-10)18-15-8-11(2)6-12(3)17-15/h6,8,10,13-14H,4-5,7H2,1-3H3. The van der Waals surface area contributed by atoms with E-state index in [-0.39, 0.29) is 5.92 Å². The Balaban J connectivity index is 2.13. The number of aryl methyl sites for hydroxylation is 2. The van der Waals surface area contributed by atoms with Gasteiger partial charge in [-0.3, -0.25) is 0 Å². The molecule has 18 heavy (non-hydrogen) atoms. The summed E-state index contributed by atoms with van der Waals surface area (Å²) in [7, 11) is 0. The molecule has 1 aromatic heterocycles. The molecule has 1 aliphatic carbocycles. The average molecular weight is 260 g/mol.